The molecule has 0 spiro atoms. The zero-order chi connectivity index (χ0) is 22.1. The molecule has 10 heteroatoms. The molecule has 1 aliphatic rings. The number of piperazine rings is 1. The smallest absolute Gasteiger partial charge is 0.296 e. The topological polar surface area (TPSA) is 102 Å². The highest BCUT2D eigenvalue weighted by molar-refractivity contribution is 5.76. The number of rotatable bonds is 5. The van der Waals surface area contributed by atoms with Crippen LogP contribution in [0.1, 0.15) is 0 Å². The van der Waals surface area contributed by atoms with Crippen LogP contribution in [0.2, 0.25) is 0 Å². The summed E-state index contributed by atoms with van der Waals surface area (Å²) in [4.78, 5) is 27.7. The van der Waals surface area contributed by atoms with Gasteiger partial charge < -0.3 is 4.90 Å². The molecule has 10 nitrogen and oxygen atoms in total. The van der Waals surface area contributed by atoms with Gasteiger partial charge in [0, 0.05) is 55.6 Å². The van der Waals surface area contributed by atoms with Crippen LogP contribution >= 0.6 is 0 Å². The zero-order valence-corrected chi connectivity index (χ0v) is 17.2. The number of hydrogen-bond donors (Lipinski definition) is 0. The number of fused-ring (bicyclic) bond motifs is 1. The van der Waals surface area contributed by atoms with E-state index in [2.05, 4.69) is 20.0 Å². The standard InChI is InChI=1S/C22H21N7O3/c30-22-21-17(15-27(24-21)19-4-2-1-3-5-19)14-23-28(22)16-25-10-12-26(13-11-25)18-6-8-20(9-7-18)29(31)32/h1-9,14-15H,10-13,16H2. The summed E-state index contributed by atoms with van der Waals surface area (Å²) in [6, 6.07) is 16.2. The number of para-hydroxylation sites is 1. The Hall–Kier alpha value is -4.05. The highest BCUT2D eigenvalue weighted by atomic mass is 16.6. The van der Waals surface area contributed by atoms with Gasteiger partial charge in [-0.15, -0.1) is 0 Å². The Bertz CT molecular complexity index is 1310. The van der Waals surface area contributed by atoms with Crippen LogP contribution in [0.5, 0.6) is 0 Å². The minimum atomic E-state index is -0.397. The van der Waals surface area contributed by atoms with Gasteiger partial charge in [0.15, 0.2) is 5.52 Å². The number of non-ortho nitro benzene ring substituents is 1. The van der Waals surface area contributed by atoms with E-state index in [0.29, 0.717) is 17.6 Å². The molecule has 0 unspecified atom stereocenters. The van der Waals surface area contributed by atoms with Crippen molar-refractivity contribution < 1.29 is 4.92 Å². The quantitative estimate of drug-likeness (QED) is 0.353. The number of benzene rings is 2. The number of anilines is 1. The Balaban J connectivity index is 1.27. The lowest BCUT2D eigenvalue weighted by atomic mass is 10.2. The van der Waals surface area contributed by atoms with Crippen LogP contribution in [0.4, 0.5) is 11.4 Å². The molecule has 0 radical (unpaired) electrons. The van der Waals surface area contributed by atoms with Gasteiger partial charge in [-0.05, 0) is 24.3 Å². The summed E-state index contributed by atoms with van der Waals surface area (Å²) in [5.41, 5.74) is 2.11. The Morgan fingerprint density at radius 3 is 2.34 bits per heavy atom. The maximum Gasteiger partial charge on any atom is 0.296 e. The van der Waals surface area contributed by atoms with Crippen molar-refractivity contribution in [2.24, 2.45) is 0 Å². The summed E-state index contributed by atoms with van der Waals surface area (Å²) in [5.74, 6) is 0. The average Bonchev–Trinajstić information content (AvgIpc) is 3.27. The van der Waals surface area contributed by atoms with E-state index >= 15 is 0 Å². The van der Waals surface area contributed by atoms with E-state index in [1.807, 2.05) is 36.5 Å². The van der Waals surface area contributed by atoms with E-state index in [1.165, 1.54) is 16.8 Å². The number of aromatic nitrogens is 4. The molecule has 2 aromatic heterocycles. The van der Waals surface area contributed by atoms with Crippen LogP contribution in [-0.2, 0) is 6.67 Å². The van der Waals surface area contributed by atoms with E-state index in [1.54, 1.807) is 23.0 Å². The molecular weight excluding hydrogens is 410 g/mol. The summed E-state index contributed by atoms with van der Waals surface area (Å²) >= 11 is 0. The Morgan fingerprint density at radius 1 is 0.938 bits per heavy atom. The van der Waals surface area contributed by atoms with Crippen LogP contribution < -0.4 is 10.5 Å². The van der Waals surface area contributed by atoms with Gasteiger partial charge >= 0.3 is 0 Å². The summed E-state index contributed by atoms with van der Waals surface area (Å²) < 4.78 is 3.15. The third-order valence-electron chi connectivity index (χ3n) is 5.67. The van der Waals surface area contributed by atoms with Crippen molar-refractivity contribution in [3.05, 3.63) is 87.5 Å². The lowest BCUT2D eigenvalue weighted by Gasteiger charge is -2.35. The van der Waals surface area contributed by atoms with Gasteiger partial charge in [0.2, 0.25) is 0 Å². The third-order valence-corrected chi connectivity index (χ3v) is 5.67. The monoisotopic (exact) mass is 431 g/mol. The lowest BCUT2D eigenvalue weighted by molar-refractivity contribution is -0.384. The molecule has 1 fully saturated rings. The molecule has 0 amide bonds. The first kappa shape index (κ1) is 19.9. The van der Waals surface area contributed by atoms with Gasteiger partial charge in [0.1, 0.15) is 0 Å². The van der Waals surface area contributed by atoms with Crippen molar-refractivity contribution in [1.29, 1.82) is 0 Å². The first-order valence-corrected chi connectivity index (χ1v) is 10.3. The maximum absolute atomic E-state index is 13.0. The SMILES string of the molecule is O=c1c2nn(-c3ccccc3)cc2cnn1CN1CCN(c2ccc([N+](=O)[O-])cc2)CC1. The fourth-order valence-corrected chi connectivity index (χ4v) is 3.89. The average molecular weight is 431 g/mol. The summed E-state index contributed by atoms with van der Waals surface area (Å²) in [7, 11) is 0. The van der Waals surface area contributed by atoms with Crippen LogP contribution in [0, 0.1) is 10.1 Å². The molecule has 0 aliphatic carbocycles. The molecule has 1 saturated heterocycles. The first-order valence-electron chi connectivity index (χ1n) is 10.3. The Morgan fingerprint density at radius 2 is 1.66 bits per heavy atom. The molecule has 1 aliphatic heterocycles. The number of nitro groups is 1. The molecule has 4 aromatic rings. The van der Waals surface area contributed by atoms with Crippen LogP contribution in [-0.4, -0.2) is 55.6 Å². The van der Waals surface area contributed by atoms with E-state index in [0.717, 1.165) is 37.6 Å². The molecule has 162 valence electrons. The molecule has 0 atom stereocenters. The van der Waals surface area contributed by atoms with Crippen LogP contribution in [0.15, 0.2) is 71.8 Å². The van der Waals surface area contributed by atoms with Crippen LogP contribution in [0.3, 0.4) is 0 Å². The molecule has 32 heavy (non-hydrogen) atoms. The van der Waals surface area contributed by atoms with Crippen molar-refractivity contribution >= 4 is 22.3 Å². The predicted octanol–water partition coefficient (Wildman–Crippen LogP) is 2.27. The van der Waals surface area contributed by atoms with Crippen molar-refractivity contribution in [1.82, 2.24) is 24.5 Å². The summed E-state index contributed by atoms with van der Waals surface area (Å²) in [6.45, 7) is 3.42. The van der Waals surface area contributed by atoms with Gasteiger partial charge in [-0.1, -0.05) is 18.2 Å². The summed E-state index contributed by atoms with van der Waals surface area (Å²) in [6.07, 6.45) is 3.49. The van der Waals surface area contributed by atoms with E-state index in [9.17, 15) is 14.9 Å². The van der Waals surface area contributed by atoms with E-state index in [4.69, 9.17) is 0 Å². The fourth-order valence-electron chi connectivity index (χ4n) is 3.89. The molecule has 0 saturated carbocycles. The van der Waals surface area contributed by atoms with Crippen molar-refractivity contribution in [2.75, 3.05) is 31.1 Å². The Kier molecular flexibility index (Phi) is 5.12. The third kappa shape index (κ3) is 3.83. The lowest BCUT2D eigenvalue weighted by Crippen LogP contribution is -2.48. The fraction of sp³-hybridized carbons (Fsp3) is 0.227. The highest BCUT2D eigenvalue weighted by Crippen LogP contribution is 2.20. The van der Waals surface area contributed by atoms with Gasteiger partial charge in [-0.3, -0.25) is 19.8 Å². The van der Waals surface area contributed by atoms with Crippen molar-refractivity contribution in [3.8, 4) is 5.69 Å². The Labute approximate surface area is 183 Å². The van der Waals surface area contributed by atoms with Crippen molar-refractivity contribution in [2.45, 2.75) is 6.67 Å². The number of nitrogens with zero attached hydrogens (tertiary/aromatic N) is 7. The van der Waals surface area contributed by atoms with Gasteiger partial charge in [0.05, 0.1) is 23.5 Å². The molecule has 3 heterocycles. The van der Waals surface area contributed by atoms with Gasteiger partial charge in [-0.2, -0.15) is 10.2 Å². The van der Waals surface area contributed by atoms with Crippen molar-refractivity contribution in [3.63, 3.8) is 0 Å². The number of nitro benzene ring substituents is 1. The highest BCUT2D eigenvalue weighted by Gasteiger charge is 2.19. The molecule has 2 aromatic carbocycles. The second kappa shape index (κ2) is 8.23. The predicted molar refractivity (Wildman–Crippen MR) is 120 cm³/mol. The zero-order valence-electron chi connectivity index (χ0n) is 17.2. The van der Waals surface area contributed by atoms with Gasteiger partial charge in [0.25, 0.3) is 11.2 Å². The van der Waals surface area contributed by atoms with E-state index < -0.39 is 4.92 Å². The summed E-state index contributed by atoms with van der Waals surface area (Å²) in [5, 5.41) is 20.4. The largest absolute Gasteiger partial charge is 0.369 e. The molecule has 0 N–H and O–H groups in total. The molecule has 0 bridgehead atoms. The van der Waals surface area contributed by atoms with E-state index in [-0.39, 0.29) is 11.2 Å². The minimum absolute atomic E-state index is 0.0861. The first-order chi connectivity index (χ1) is 15.6. The van der Waals surface area contributed by atoms with Crippen LogP contribution in [0.25, 0.3) is 16.6 Å². The second-order valence-corrected chi connectivity index (χ2v) is 7.68. The second-order valence-electron chi connectivity index (χ2n) is 7.68. The molecular formula is C22H21N7O3. The van der Waals surface area contributed by atoms with Gasteiger partial charge in [-0.25, -0.2) is 9.36 Å². The maximum atomic E-state index is 13.0. The number of hydrogen-bond acceptors (Lipinski definition) is 7. The minimum Gasteiger partial charge on any atom is -0.369 e. The normalized spacial score (nSPS) is 14.7. The molecule has 5 rings (SSSR count).